The number of ether oxygens (including phenoxy) is 1. The van der Waals surface area contributed by atoms with Gasteiger partial charge in [0.05, 0.1) is 12.3 Å². The molecule has 0 aliphatic carbocycles. The molecule has 1 fully saturated rings. The summed E-state index contributed by atoms with van der Waals surface area (Å²) >= 11 is 1.37. The van der Waals surface area contributed by atoms with Crippen LogP contribution in [0.25, 0.3) is 0 Å². The summed E-state index contributed by atoms with van der Waals surface area (Å²) in [5.74, 6) is 0.657. The Balaban J connectivity index is 1.58. The lowest BCUT2D eigenvalue weighted by Crippen LogP contribution is -2.48. The van der Waals surface area contributed by atoms with Crippen LogP contribution in [0.3, 0.4) is 0 Å². The molecular formula is C19H26N4O3S2. The highest BCUT2D eigenvalue weighted by atomic mass is 32.2. The van der Waals surface area contributed by atoms with Crippen LogP contribution in [0.15, 0.2) is 22.5 Å². The van der Waals surface area contributed by atoms with Gasteiger partial charge >= 0.3 is 0 Å². The average molecular weight is 423 g/mol. The molecule has 152 valence electrons. The minimum absolute atomic E-state index is 0.433. The van der Waals surface area contributed by atoms with Gasteiger partial charge in [-0.3, -0.25) is 0 Å². The van der Waals surface area contributed by atoms with Gasteiger partial charge in [-0.1, -0.05) is 6.92 Å². The number of hydrogen-bond acceptors (Lipinski definition) is 7. The van der Waals surface area contributed by atoms with Crippen LogP contribution in [0.2, 0.25) is 0 Å². The molecule has 0 N–H and O–H groups in total. The van der Waals surface area contributed by atoms with Crippen LogP contribution in [0.4, 0.5) is 5.95 Å². The Labute approximate surface area is 170 Å². The van der Waals surface area contributed by atoms with Crippen LogP contribution in [0, 0.1) is 0 Å². The largest absolute Gasteiger partial charge is 0.368 e. The molecule has 7 nitrogen and oxygen atoms in total. The highest BCUT2D eigenvalue weighted by Gasteiger charge is 2.45. The van der Waals surface area contributed by atoms with E-state index in [4.69, 9.17) is 9.72 Å². The second-order valence-electron chi connectivity index (χ2n) is 7.51. The number of aromatic nitrogens is 2. The van der Waals surface area contributed by atoms with Gasteiger partial charge in [-0.25, -0.2) is 18.4 Å². The van der Waals surface area contributed by atoms with Crippen LogP contribution in [-0.4, -0.2) is 56.5 Å². The SMILES string of the molecule is CCc1ccc(S(=O)(=O)N2CCC3(CC2)OCCc2cnc(N(C)C)nc23)s1. The monoisotopic (exact) mass is 422 g/mol. The number of hydrogen-bond donors (Lipinski definition) is 0. The van der Waals surface area contributed by atoms with Gasteiger partial charge in [-0.05, 0) is 43.4 Å². The van der Waals surface area contributed by atoms with Gasteiger partial charge in [-0.2, -0.15) is 4.31 Å². The molecule has 0 radical (unpaired) electrons. The zero-order valence-electron chi connectivity index (χ0n) is 16.5. The topological polar surface area (TPSA) is 75.6 Å². The first kappa shape index (κ1) is 19.8. The third kappa shape index (κ3) is 3.34. The normalized spacial score (nSPS) is 19.5. The third-order valence-corrected chi connectivity index (χ3v) is 9.14. The van der Waals surface area contributed by atoms with Crippen molar-refractivity contribution in [2.75, 3.05) is 38.7 Å². The fourth-order valence-electron chi connectivity index (χ4n) is 3.90. The van der Waals surface area contributed by atoms with E-state index < -0.39 is 15.6 Å². The Morgan fingerprint density at radius 3 is 2.68 bits per heavy atom. The molecule has 4 heterocycles. The average Bonchev–Trinajstić information content (AvgIpc) is 3.19. The molecule has 1 saturated heterocycles. The number of piperidine rings is 1. The first-order valence-electron chi connectivity index (χ1n) is 9.62. The third-order valence-electron chi connectivity index (χ3n) is 5.54. The van der Waals surface area contributed by atoms with E-state index in [9.17, 15) is 8.42 Å². The van der Waals surface area contributed by atoms with Crippen LogP contribution in [-0.2, 0) is 33.2 Å². The van der Waals surface area contributed by atoms with Gasteiger partial charge in [-0.15, -0.1) is 11.3 Å². The lowest BCUT2D eigenvalue weighted by molar-refractivity contribution is -0.0924. The molecule has 0 aromatic carbocycles. The summed E-state index contributed by atoms with van der Waals surface area (Å²) < 4.78 is 34.3. The summed E-state index contributed by atoms with van der Waals surface area (Å²) in [5, 5.41) is 0. The van der Waals surface area contributed by atoms with Gasteiger partial charge < -0.3 is 9.64 Å². The van der Waals surface area contributed by atoms with Crippen molar-refractivity contribution >= 4 is 27.3 Å². The Morgan fingerprint density at radius 1 is 1.29 bits per heavy atom. The van der Waals surface area contributed by atoms with Crippen molar-refractivity contribution in [3.05, 3.63) is 34.5 Å². The summed E-state index contributed by atoms with van der Waals surface area (Å²) in [7, 11) is 0.381. The van der Waals surface area contributed by atoms with Crippen LogP contribution < -0.4 is 4.90 Å². The minimum atomic E-state index is -3.45. The second kappa shape index (κ2) is 7.37. The Bertz CT molecular complexity index is 963. The Morgan fingerprint density at radius 2 is 2.04 bits per heavy atom. The molecule has 9 heteroatoms. The highest BCUT2D eigenvalue weighted by molar-refractivity contribution is 7.91. The number of aryl methyl sites for hydroxylation is 1. The molecule has 0 saturated carbocycles. The molecule has 1 spiro atoms. The maximum absolute atomic E-state index is 13.0. The van der Waals surface area contributed by atoms with E-state index in [1.807, 2.05) is 38.2 Å². The van der Waals surface area contributed by atoms with Gasteiger partial charge in [0.1, 0.15) is 9.81 Å². The first-order chi connectivity index (χ1) is 13.4. The number of sulfonamides is 1. The van der Waals surface area contributed by atoms with Gasteiger partial charge in [0.25, 0.3) is 10.0 Å². The lowest BCUT2D eigenvalue weighted by Gasteiger charge is -2.43. The quantitative estimate of drug-likeness (QED) is 0.753. The van der Waals surface area contributed by atoms with E-state index in [-0.39, 0.29) is 0 Å². The van der Waals surface area contributed by atoms with Gasteiger partial charge in [0.15, 0.2) is 0 Å². The van der Waals surface area contributed by atoms with Crippen molar-refractivity contribution in [2.24, 2.45) is 0 Å². The smallest absolute Gasteiger partial charge is 0.252 e. The summed E-state index contributed by atoms with van der Waals surface area (Å²) in [6, 6.07) is 3.63. The van der Waals surface area contributed by atoms with Crippen molar-refractivity contribution in [1.29, 1.82) is 0 Å². The van der Waals surface area contributed by atoms with Crippen molar-refractivity contribution in [3.8, 4) is 0 Å². The van der Waals surface area contributed by atoms with E-state index in [0.29, 0.717) is 42.7 Å². The van der Waals surface area contributed by atoms with Crippen LogP contribution in [0.5, 0.6) is 0 Å². The molecule has 0 atom stereocenters. The van der Waals surface area contributed by atoms with E-state index in [1.165, 1.54) is 11.3 Å². The Hall–Kier alpha value is -1.55. The fraction of sp³-hybridized carbons (Fsp3) is 0.579. The zero-order chi connectivity index (χ0) is 19.9. The van der Waals surface area contributed by atoms with Crippen LogP contribution >= 0.6 is 11.3 Å². The van der Waals surface area contributed by atoms with E-state index in [1.54, 1.807) is 10.4 Å². The molecule has 0 unspecified atom stereocenters. The molecule has 0 amide bonds. The predicted molar refractivity (Wildman–Crippen MR) is 109 cm³/mol. The number of thiophene rings is 1. The van der Waals surface area contributed by atoms with E-state index >= 15 is 0 Å². The van der Waals surface area contributed by atoms with Crippen LogP contribution in [0.1, 0.15) is 35.9 Å². The number of nitrogens with zero attached hydrogens (tertiary/aromatic N) is 4. The Kier molecular flexibility index (Phi) is 5.20. The van der Waals surface area contributed by atoms with Crippen molar-refractivity contribution in [2.45, 2.75) is 42.4 Å². The molecule has 2 aliphatic heterocycles. The molecule has 2 aromatic rings. The highest BCUT2D eigenvalue weighted by Crippen LogP contribution is 2.42. The van der Waals surface area contributed by atoms with Crippen molar-refractivity contribution in [1.82, 2.24) is 14.3 Å². The summed E-state index contributed by atoms with van der Waals surface area (Å²) in [6.45, 7) is 3.52. The lowest BCUT2D eigenvalue weighted by atomic mass is 9.84. The summed E-state index contributed by atoms with van der Waals surface area (Å²) in [4.78, 5) is 12.2. The number of fused-ring (bicyclic) bond motifs is 2. The fourth-order valence-corrected chi connectivity index (χ4v) is 6.79. The second-order valence-corrected chi connectivity index (χ2v) is 10.8. The van der Waals surface area contributed by atoms with Crippen molar-refractivity contribution < 1.29 is 13.2 Å². The first-order valence-corrected chi connectivity index (χ1v) is 11.9. The molecule has 2 aromatic heterocycles. The maximum Gasteiger partial charge on any atom is 0.252 e. The standard InChI is InChI=1S/C19H26N4O3S2/c1-4-15-5-6-16(27-15)28(24,25)23-10-8-19(9-11-23)17-14(7-12-26-19)13-20-18(21-17)22(2)3/h5-6,13H,4,7-12H2,1-3H3. The molecule has 28 heavy (non-hydrogen) atoms. The zero-order valence-corrected chi connectivity index (χ0v) is 18.1. The molecular weight excluding hydrogens is 396 g/mol. The summed E-state index contributed by atoms with van der Waals surface area (Å²) in [5.41, 5.74) is 1.52. The van der Waals surface area contributed by atoms with E-state index in [2.05, 4.69) is 4.98 Å². The summed E-state index contributed by atoms with van der Waals surface area (Å²) in [6.07, 6.45) is 4.75. The minimum Gasteiger partial charge on any atom is -0.368 e. The molecule has 4 rings (SSSR count). The van der Waals surface area contributed by atoms with Crippen molar-refractivity contribution in [3.63, 3.8) is 0 Å². The van der Waals surface area contributed by atoms with Gasteiger partial charge in [0, 0.05) is 38.3 Å². The van der Waals surface area contributed by atoms with E-state index in [0.717, 1.165) is 29.0 Å². The maximum atomic E-state index is 13.0. The molecule has 0 bridgehead atoms. The van der Waals surface area contributed by atoms with Gasteiger partial charge in [0.2, 0.25) is 5.95 Å². The predicted octanol–water partition coefficient (Wildman–Crippen LogP) is 2.42. The number of rotatable bonds is 4. The molecule has 2 aliphatic rings. The number of anilines is 1.